The zero-order valence-corrected chi connectivity index (χ0v) is 10.4. The van der Waals surface area contributed by atoms with Gasteiger partial charge in [-0.1, -0.05) is 23.7 Å². The minimum Gasteiger partial charge on any atom is -0.478 e. The summed E-state index contributed by atoms with van der Waals surface area (Å²) in [5.74, 6) is -0.866. The smallest absolute Gasteiger partial charge is 0.336 e. The van der Waals surface area contributed by atoms with Gasteiger partial charge in [-0.25, -0.2) is 9.78 Å². The summed E-state index contributed by atoms with van der Waals surface area (Å²) in [5, 5.41) is 9.78. The van der Waals surface area contributed by atoms with Gasteiger partial charge >= 0.3 is 5.97 Å². The van der Waals surface area contributed by atoms with Gasteiger partial charge in [-0.15, -0.1) is 0 Å². The Morgan fingerprint density at radius 3 is 2.78 bits per heavy atom. The van der Waals surface area contributed by atoms with Crippen molar-refractivity contribution in [2.24, 2.45) is 0 Å². The van der Waals surface area contributed by atoms with Crippen LogP contribution in [0.1, 0.15) is 15.9 Å². The van der Waals surface area contributed by atoms with E-state index in [1.807, 2.05) is 6.92 Å². The third kappa shape index (κ3) is 2.15. The summed E-state index contributed by atoms with van der Waals surface area (Å²) in [4.78, 5) is 15.2. The minimum absolute atomic E-state index is 0.118. The quantitative estimate of drug-likeness (QED) is 0.872. The van der Waals surface area contributed by atoms with E-state index >= 15 is 0 Å². The van der Waals surface area contributed by atoms with E-state index in [0.29, 0.717) is 10.6 Å². The number of nitrogen functional groups attached to an aromatic ring is 1. The number of anilines is 1. The lowest BCUT2D eigenvalue weighted by molar-refractivity contribution is 0.0697. The summed E-state index contributed by atoms with van der Waals surface area (Å²) in [6, 6.07) is 6.68. The van der Waals surface area contributed by atoms with Crippen molar-refractivity contribution in [3.8, 4) is 11.1 Å². The average Bonchev–Trinajstić information content (AvgIpc) is 2.33. The molecule has 1 aromatic heterocycles. The predicted octanol–water partition coefficient (Wildman–Crippen LogP) is 2.99. The molecule has 1 aromatic carbocycles. The van der Waals surface area contributed by atoms with E-state index in [1.54, 1.807) is 18.2 Å². The van der Waals surface area contributed by atoms with Gasteiger partial charge in [-0.2, -0.15) is 0 Å². The number of aromatic nitrogens is 1. The van der Waals surface area contributed by atoms with E-state index < -0.39 is 5.97 Å². The average molecular weight is 263 g/mol. The van der Waals surface area contributed by atoms with Gasteiger partial charge in [-0.05, 0) is 30.2 Å². The second-order valence-corrected chi connectivity index (χ2v) is 4.28. The lowest BCUT2D eigenvalue weighted by Gasteiger charge is -2.10. The Kier molecular flexibility index (Phi) is 3.21. The first kappa shape index (κ1) is 12.4. The Morgan fingerprint density at radius 1 is 1.39 bits per heavy atom. The molecule has 3 N–H and O–H groups in total. The van der Waals surface area contributed by atoms with Crippen molar-refractivity contribution in [3.05, 3.63) is 46.6 Å². The number of aromatic carboxylic acids is 1. The van der Waals surface area contributed by atoms with Crippen molar-refractivity contribution in [1.29, 1.82) is 0 Å². The molecule has 2 aromatic rings. The molecule has 0 amide bonds. The highest BCUT2D eigenvalue weighted by Gasteiger charge is 2.15. The number of carboxylic acids is 1. The van der Waals surface area contributed by atoms with Gasteiger partial charge in [0, 0.05) is 16.8 Å². The molecule has 0 aliphatic carbocycles. The first-order chi connectivity index (χ1) is 8.50. The normalized spacial score (nSPS) is 10.3. The number of nitrogens with two attached hydrogens (primary N) is 1. The molecule has 0 radical (unpaired) electrons. The lowest BCUT2D eigenvalue weighted by atomic mass is 9.98. The van der Waals surface area contributed by atoms with Crippen LogP contribution >= 0.6 is 11.6 Å². The largest absolute Gasteiger partial charge is 0.478 e. The van der Waals surface area contributed by atoms with E-state index in [4.69, 9.17) is 17.3 Å². The number of benzene rings is 1. The molecule has 1 heterocycles. The molecule has 5 heteroatoms. The molecular formula is C13H11ClN2O2. The molecule has 0 saturated carbocycles. The molecule has 0 unspecified atom stereocenters. The van der Waals surface area contributed by atoms with Crippen LogP contribution in [0.4, 0.5) is 5.82 Å². The highest BCUT2D eigenvalue weighted by molar-refractivity contribution is 6.31. The van der Waals surface area contributed by atoms with Crippen LogP contribution < -0.4 is 5.73 Å². The van der Waals surface area contributed by atoms with Crippen molar-refractivity contribution >= 4 is 23.4 Å². The fourth-order valence-electron chi connectivity index (χ4n) is 1.76. The maximum atomic E-state index is 11.2. The highest BCUT2D eigenvalue weighted by atomic mass is 35.5. The zero-order valence-electron chi connectivity index (χ0n) is 9.64. The minimum atomic E-state index is -1.04. The van der Waals surface area contributed by atoms with Gasteiger partial charge in [-0.3, -0.25) is 0 Å². The van der Waals surface area contributed by atoms with Crippen LogP contribution in [0.25, 0.3) is 11.1 Å². The van der Waals surface area contributed by atoms with Gasteiger partial charge in [0.1, 0.15) is 5.82 Å². The topological polar surface area (TPSA) is 76.2 Å². The lowest BCUT2D eigenvalue weighted by Crippen LogP contribution is -2.03. The van der Waals surface area contributed by atoms with Crippen molar-refractivity contribution in [3.63, 3.8) is 0 Å². The number of hydrogen-bond acceptors (Lipinski definition) is 3. The van der Waals surface area contributed by atoms with Crippen molar-refractivity contribution in [2.45, 2.75) is 6.92 Å². The van der Waals surface area contributed by atoms with E-state index in [0.717, 1.165) is 11.1 Å². The molecule has 0 aliphatic heterocycles. The van der Waals surface area contributed by atoms with E-state index in [-0.39, 0.29) is 11.4 Å². The Morgan fingerprint density at radius 2 is 2.11 bits per heavy atom. The van der Waals surface area contributed by atoms with Crippen LogP contribution in [0.15, 0.2) is 30.5 Å². The monoisotopic (exact) mass is 262 g/mol. The van der Waals surface area contributed by atoms with Crippen molar-refractivity contribution in [1.82, 2.24) is 4.98 Å². The SMILES string of the molecule is Cc1c(Cl)cccc1-c1cnc(N)cc1C(=O)O. The molecular weight excluding hydrogens is 252 g/mol. The van der Waals surface area contributed by atoms with Gasteiger partial charge in [0.15, 0.2) is 0 Å². The van der Waals surface area contributed by atoms with Crippen molar-refractivity contribution in [2.75, 3.05) is 5.73 Å². The molecule has 18 heavy (non-hydrogen) atoms. The van der Waals surface area contributed by atoms with Gasteiger partial charge in [0.05, 0.1) is 5.56 Å². The van der Waals surface area contributed by atoms with E-state index in [9.17, 15) is 9.90 Å². The number of halogens is 1. The fraction of sp³-hybridized carbons (Fsp3) is 0.0769. The van der Waals surface area contributed by atoms with Crippen LogP contribution in [0, 0.1) is 6.92 Å². The third-order valence-electron chi connectivity index (χ3n) is 2.71. The van der Waals surface area contributed by atoms with Crippen LogP contribution in [0.5, 0.6) is 0 Å². The van der Waals surface area contributed by atoms with Crippen LogP contribution in [-0.2, 0) is 0 Å². The van der Waals surface area contributed by atoms with Crippen LogP contribution in [-0.4, -0.2) is 16.1 Å². The number of carboxylic acid groups (broad SMARTS) is 1. The molecule has 92 valence electrons. The predicted molar refractivity (Wildman–Crippen MR) is 70.8 cm³/mol. The second kappa shape index (κ2) is 4.66. The van der Waals surface area contributed by atoms with E-state index in [2.05, 4.69) is 4.98 Å². The van der Waals surface area contributed by atoms with Crippen LogP contribution in [0.3, 0.4) is 0 Å². The van der Waals surface area contributed by atoms with Gasteiger partial charge < -0.3 is 10.8 Å². The maximum absolute atomic E-state index is 11.2. The first-order valence-corrected chi connectivity index (χ1v) is 5.63. The number of nitrogens with zero attached hydrogens (tertiary/aromatic N) is 1. The molecule has 0 bridgehead atoms. The third-order valence-corrected chi connectivity index (χ3v) is 3.12. The Hall–Kier alpha value is -2.07. The summed E-state index contributed by atoms with van der Waals surface area (Å²) in [7, 11) is 0. The number of pyridine rings is 1. The number of hydrogen-bond donors (Lipinski definition) is 2. The Balaban J connectivity index is 2.71. The second-order valence-electron chi connectivity index (χ2n) is 3.87. The summed E-state index contributed by atoms with van der Waals surface area (Å²) in [6.07, 6.45) is 1.46. The highest BCUT2D eigenvalue weighted by Crippen LogP contribution is 2.30. The summed E-state index contributed by atoms with van der Waals surface area (Å²) in [5.41, 5.74) is 7.70. The van der Waals surface area contributed by atoms with Crippen LogP contribution in [0.2, 0.25) is 5.02 Å². The molecule has 0 aliphatic rings. The summed E-state index contributed by atoms with van der Waals surface area (Å²) in [6.45, 7) is 1.83. The molecule has 0 atom stereocenters. The Labute approximate surface area is 109 Å². The maximum Gasteiger partial charge on any atom is 0.336 e. The Bertz CT molecular complexity index is 626. The fourth-order valence-corrected chi connectivity index (χ4v) is 1.94. The molecule has 0 saturated heterocycles. The summed E-state index contributed by atoms with van der Waals surface area (Å²) < 4.78 is 0. The zero-order chi connectivity index (χ0) is 13.3. The summed E-state index contributed by atoms with van der Waals surface area (Å²) >= 11 is 6.03. The standard InChI is InChI=1S/C13H11ClN2O2/c1-7-8(3-2-4-11(7)14)10-6-16-12(15)5-9(10)13(17)18/h2-6H,1H3,(H2,15,16)(H,17,18). The van der Waals surface area contributed by atoms with Crippen molar-refractivity contribution < 1.29 is 9.90 Å². The molecule has 0 spiro atoms. The molecule has 2 rings (SSSR count). The number of rotatable bonds is 2. The number of carbonyl (C=O) groups is 1. The van der Waals surface area contributed by atoms with Gasteiger partial charge in [0.25, 0.3) is 0 Å². The molecule has 0 fully saturated rings. The molecule has 4 nitrogen and oxygen atoms in total. The van der Waals surface area contributed by atoms with E-state index in [1.165, 1.54) is 12.3 Å². The first-order valence-electron chi connectivity index (χ1n) is 5.25. The van der Waals surface area contributed by atoms with Gasteiger partial charge in [0.2, 0.25) is 0 Å².